The van der Waals surface area contributed by atoms with E-state index in [1.165, 1.54) is 59.5 Å². The number of hydrogen-bond donors (Lipinski definition) is 0. The van der Waals surface area contributed by atoms with Crippen molar-refractivity contribution >= 4 is 75.8 Å². The summed E-state index contributed by atoms with van der Waals surface area (Å²) >= 11 is 0. The van der Waals surface area contributed by atoms with Crippen LogP contribution in [0.5, 0.6) is 11.5 Å². The molecule has 0 atom stereocenters. The molecule has 0 unspecified atom stereocenters. The highest BCUT2D eigenvalue weighted by Gasteiger charge is 2.26. The van der Waals surface area contributed by atoms with Gasteiger partial charge >= 0.3 is 47.8 Å². The number of carbonyl (C=O) groups excluding carboxylic acids is 8. The molecule has 24 heteroatoms. The maximum atomic E-state index is 13.4. The highest BCUT2D eigenvalue weighted by molar-refractivity contribution is 6.03. The Balaban J connectivity index is 0.0000166. The Bertz CT molecular complexity index is 3310. The normalized spacial score (nSPS) is 13.5. The highest BCUT2D eigenvalue weighted by Crippen LogP contribution is 2.43. The van der Waals surface area contributed by atoms with E-state index in [0.717, 1.165) is 44.7 Å². The van der Waals surface area contributed by atoms with Crippen LogP contribution in [0.2, 0.25) is 0 Å². The van der Waals surface area contributed by atoms with Gasteiger partial charge in [0.15, 0.2) is 0 Å². The number of ether oxygens (including phenoxy) is 10. The molecule has 0 amide bonds. The van der Waals surface area contributed by atoms with Crippen LogP contribution < -0.4 is 51.1 Å². The fourth-order valence-corrected chi connectivity index (χ4v) is 6.78. The van der Waals surface area contributed by atoms with Gasteiger partial charge in [-0.2, -0.15) is 0 Å². The summed E-state index contributed by atoms with van der Waals surface area (Å²) < 4.78 is 155. The van der Waals surface area contributed by atoms with Crippen LogP contribution in [0.4, 0.5) is 17.1 Å². The van der Waals surface area contributed by atoms with E-state index in [1.807, 2.05) is 0 Å². The Kier molecular flexibility index (Phi) is 16.7. The van der Waals surface area contributed by atoms with Crippen LogP contribution >= 0.6 is 0 Å². The summed E-state index contributed by atoms with van der Waals surface area (Å²) in [6.07, 6.45) is 0. The number of hydrogen-bond acceptors (Lipinski definition) is 22. The zero-order chi connectivity index (χ0) is 64.8. The standard InChI is InChI=1S/C52H59N4O19.BrH/c1-32-10-16-42(55(24-48(61)71-28-67-33(2)57)25-49(62)72-29-68-34(3)58)46(20-32)65-18-19-66-47-21-37(11-17-43(47)56(26-50(63)73-30-69-35(4)59)27-51(64)74-31-70-36(5)60)52-40-14-12-38(53(6)7)22-44(40)75-45-23-39(54(8)9)13-15-41(45)52;/h10-17,20-23H,18-19,24-31H2,1-9H3;1H/q+1;/p-1/i6D3,7D3,8D3,9D3;. The molecule has 0 fully saturated rings. The number of fused-ring (bicyclic) bond motifs is 2. The summed E-state index contributed by atoms with van der Waals surface area (Å²) in [5.74, 6) is -7.53. The lowest BCUT2D eigenvalue weighted by Gasteiger charge is -2.27. The summed E-state index contributed by atoms with van der Waals surface area (Å²) in [6, 6.07) is 16.1. The van der Waals surface area contributed by atoms with E-state index in [0.29, 0.717) is 5.56 Å². The number of esters is 8. The molecular weight excluding hydrogens is 1060 g/mol. The van der Waals surface area contributed by atoms with E-state index in [9.17, 15) is 38.4 Å². The molecule has 0 aromatic heterocycles. The number of anilines is 3. The first-order valence-electron chi connectivity index (χ1n) is 28.1. The fraction of sp³-hybridized carbons (Fsp3) is 0.365. The molecule has 1 heterocycles. The molecule has 0 bridgehead atoms. The van der Waals surface area contributed by atoms with Gasteiger partial charge in [0.05, 0.1) is 25.7 Å². The van der Waals surface area contributed by atoms with Crippen LogP contribution in [0.15, 0.2) is 77.2 Å². The molecule has 0 saturated carbocycles. The van der Waals surface area contributed by atoms with Gasteiger partial charge < -0.3 is 83.5 Å². The molecule has 0 spiro atoms. The van der Waals surface area contributed by atoms with Crippen molar-refractivity contribution in [3.8, 4) is 33.9 Å². The van der Waals surface area contributed by atoms with Crippen molar-refractivity contribution < 1.29 is 124 Å². The molecule has 5 rings (SSSR count). The minimum absolute atomic E-state index is 0. The lowest BCUT2D eigenvalue weighted by molar-refractivity contribution is -0.167. The maximum absolute atomic E-state index is 13.4. The van der Waals surface area contributed by atoms with Gasteiger partial charge in [0.1, 0.15) is 76.2 Å². The Hall–Kier alpha value is -8.41. The van der Waals surface area contributed by atoms with E-state index < -0.39 is 136 Å². The van der Waals surface area contributed by atoms with Crippen molar-refractivity contribution in [1.29, 1.82) is 0 Å². The molecule has 3 aromatic carbocycles. The summed E-state index contributed by atoms with van der Waals surface area (Å²) in [6.45, 7) is -13.9. The van der Waals surface area contributed by atoms with Crippen LogP contribution in [0.25, 0.3) is 33.4 Å². The van der Waals surface area contributed by atoms with Crippen molar-refractivity contribution in [2.75, 3.05) is 109 Å². The minimum atomic E-state index is -3.24. The number of benzene rings is 4. The van der Waals surface area contributed by atoms with Crippen LogP contribution in [-0.2, 0) is 76.3 Å². The Morgan fingerprint density at radius 3 is 1.49 bits per heavy atom. The predicted octanol–water partition coefficient (Wildman–Crippen LogP) is 0.941. The van der Waals surface area contributed by atoms with Gasteiger partial charge in [-0.15, -0.1) is 0 Å². The van der Waals surface area contributed by atoms with Crippen LogP contribution in [-0.4, -0.2) is 142 Å². The van der Waals surface area contributed by atoms with E-state index in [1.54, 1.807) is 13.0 Å². The van der Waals surface area contributed by atoms with Gasteiger partial charge in [-0.1, -0.05) is 12.1 Å². The molecule has 1 aliphatic carbocycles. The van der Waals surface area contributed by atoms with E-state index in [2.05, 4.69) is 0 Å². The predicted molar refractivity (Wildman–Crippen MR) is 267 cm³/mol. The molecular formula is C52H59BrN4O19. The molecule has 76 heavy (non-hydrogen) atoms. The molecule has 408 valence electrons. The average Bonchev–Trinajstić information content (AvgIpc) is 2.78. The molecule has 0 radical (unpaired) electrons. The summed E-state index contributed by atoms with van der Waals surface area (Å²) in [7, 11) is 0. The van der Waals surface area contributed by atoms with E-state index in [4.69, 9.17) is 68.2 Å². The van der Waals surface area contributed by atoms with Crippen molar-refractivity contribution in [1.82, 2.24) is 4.58 Å². The number of halogens is 1. The second-order valence-corrected chi connectivity index (χ2v) is 15.7. The largest absolute Gasteiger partial charge is 1.00 e. The van der Waals surface area contributed by atoms with Crippen LogP contribution in [0, 0.1) is 6.92 Å². The first-order valence-corrected chi connectivity index (χ1v) is 22.1. The maximum Gasteiger partial charge on any atom is 0.328 e. The smallest absolute Gasteiger partial charge is 0.328 e. The monoisotopic (exact) mass is 1130 g/mol. The highest BCUT2D eigenvalue weighted by atomic mass is 79.9. The fourth-order valence-electron chi connectivity index (χ4n) is 6.78. The zero-order valence-corrected chi connectivity index (χ0v) is 43.0. The Labute approximate surface area is 464 Å². The number of carbonyl (C=O) groups is 8. The van der Waals surface area contributed by atoms with E-state index in [-0.39, 0.29) is 100 Å². The first-order chi connectivity index (χ1) is 40.5. The van der Waals surface area contributed by atoms with Crippen molar-refractivity contribution in [2.24, 2.45) is 0 Å². The summed E-state index contributed by atoms with van der Waals surface area (Å²) in [5, 5.41) is -0.226. The third-order valence-electron chi connectivity index (χ3n) is 10.1. The average molecular weight is 1140 g/mol. The molecule has 1 aliphatic heterocycles. The second kappa shape index (κ2) is 28.9. The van der Waals surface area contributed by atoms with Crippen LogP contribution in [0.1, 0.15) is 49.7 Å². The second-order valence-electron chi connectivity index (χ2n) is 15.7. The minimum Gasteiger partial charge on any atom is -1.00 e. The van der Waals surface area contributed by atoms with Gasteiger partial charge in [0.2, 0.25) is 32.5 Å². The topological polar surface area (TPSA) is 255 Å². The lowest BCUT2D eigenvalue weighted by Crippen LogP contribution is -3.00. The number of aryl methyl sites for hydroxylation is 1. The van der Waals surface area contributed by atoms with Gasteiger partial charge in [-0.3, -0.25) is 38.4 Å². The third kappa shape index (κ3) is 18.2. The lowest BCUT2D eigenvalue weighted by atomic mass is 9.93. The quantitative estimate of drug-likeness (QED) is 0.0197. The Morgan fingerprint density at radius 2 is 1.03 bits per heavy atom. The molecule has 0 saturated heterocycles. The van der Waals surface area contributed by atoms with Gasteiger partial charge in [0, 0.05) is 84.2 Å². The molecule has 23 nitrogen and oxygen atoms in total. The molecule has 0 N–H and O–H groups in total. The summed E-state index contributed by atoms with van der Waals surface area (Å²) in [4.78, 5) is 101. The van der Waals surface area contributed by atoms with Gasteiger partial charge in [-0.05, 0) is 60.5 Å². The summed E-state index contributed by atoms with van der Waals surface area (Å²) in [5.41, 5.74) is 0.590. The van der Waals surface area contributed by atoms with Gasteiger partial charge in [0.25, 0.3) is 0 Å². The van der Waals surface area contributed by atoms with Crippen molar-refractivity contribution in [2.45, 2.75) is 34.6 Å². The SMILES string of the molecule is [2H]C([2H])([2H])N(c1ccc2c(-c3ccc(N(CC(=O)OCOC(C)=O)CC(=O)OCOC(C)=O)c(OCCOc4cc(C)ccc4N(CC(=O)OCOC(C)=O)CC(=O)OCOC(C)=O)c3)c3ccc(=[N+](C([2H])([2H])[2H])C([2H])([2H])[2H])cc-3oc2c1)C([2H])([2H])[2H].[Br-]. The van der Waals surface area contributed by atoms with Crippen molar-refractivity contribution in [3.05, 3.63) is 83.7 Å². The Morgan fingerprint density at radius 1 is 0.553 bits per heavy atom. The molecule has 2 aliphatic rings. The molecule has 3 aromatic rings. The number of rotatable bonds is 25. The third-order valence-corrected chi connectivity index (χ3v) is 10.1. The first kappa shape index (κ1) is 43.9. The van der Waals surface area contributed by atoms with Gasteiger partial charge in [-0.25, -0.2) is 4.58 Å². The van der Waals surface area contributed by atoms with Crippen LogP contribution in [0.3, 0.4) is 0 Å². The number of nitrogens with zero attached hydrogens (tertiary/aromatic N) is 4. The zero-order valence-electron chi connectivity index (χ0n) is 53.4. The van der Waals surface area contributed by atoms with E-state index >= 15 is 0 Å². The van der Waals surface area contributed by atoms with Crippen molar-refractivity contribution in [3.63, 3.8) is 0 Å².